The fraction of sp³-hybridized carbons (Fsp3) is 0.929. The molecule has 92 valence electrons. The van der Waals surface area contributed by atoms with Gasteiger partial charge in [-0.15, -0.1) is 0 Å². The molecule has 0 aliphatic carbocycles. The molecular weight excluding hydrogens is 191 g/mol. The van der Waals surface area contributed by atoms with Crippen LogP contribution >= 0.6 is 0 Å². The molecule has 0 saturated heterocycles. The summed E-state index contributed by atoms with van der Waals surface area (Å²) in [5.74, 6) is 0. The van der Waals surface area contributed by atoms with Gasteiger partial charge in [-0.1, -0.05) is 62.3 Å². The first kappa shape index (κ1) is 18.6. The van der Waals surface area contributed by atoms with Gasteiger partial charge in [0.25, 0.3) is 0 Å². The largest absolute Gasteiger partial charge is 1.00 e. The molecular formula is C14H29LiO. The Morgan fingerprint density at radius 3 is 0.875 bits per heavy atom. The zero-order valence-corrected chi connectivity index (χ0v) is 13.0. The van der Waals surface area contributed by atoms with Crippen molar-refractivity contribution in [2.24, 2.45) is 21.7 Å². The third-order valence-corrected chi connectivity index (χ3v) is 3.73. The Balaban J connectivity index is -0.000000980. The number of hydrogen-bond acceptors (Lipinski definition) is 1. The second-order valence-electron chi connectivity index (χ2n) is 7.68. The molecule has 0 radical (unpaired) electrons. The second-order valence-corrected chi connectivity index (χ2v) is 7.68. The summed E-state index contributed by atoms with van der Waals surface area (Å²) in [5.41, 5.74) is -0.436. The third-order valence-electron chi connectivity index (χ3n) is 3.73. The summed E-state index contributed by atoms with van der Waals surface area (Å²) in [6.07, 6.45) is 1.19. The topological polar surface area (TPSA) is 17.1 Å². The van der Waals surface area contributed by atoms with Gasteiger partial charge in [-0.2, -0.15) is 0 Å². The minimum absolute atomic E-state index is 0. The van der Waals surface area contributed by atoms with Crippen LogP contribution in [0.25, 0.3) is 0 Å². The van der Waals surface area contributed by atoms with Gasteiger partial charge in [0, 0.05) is 5.41 Å². The quantitative estimate of drug-likeness (QED) is 0.482. The monoisotopic (exact) mass is 220 g/mol. The van der Waals surface area contributed by atoms with Crippen LogP contribution in [0.2, 0.25) is 0 Å². The first-order valence-corrected chi connectivity index (χ1v) is 5.77. The predicted molar refractivity (Wildman–Crippen MR) is 68.0 cm³/mol. The maximum atomic E-state index is 11.8. The molecule has 16 heavy (non-hydrogen) atoms. The van der Waals surface area contributed by atoms with Gasteiger partial charge in [0.15, 0.2) is 0 Å². The van der Waals surface area contributed by atoms with Crippen LogP contribution in [0, 0.1) is 21.7 Å². The van der Waals surface area contributed by atoms with Crippen LogP contribution in [0.5, 0.6) is 0 Å². The SMILES string of the molecule is CC(C)(C)C(C=O)(C(C)(C)C)C(C)(C)C.[H-].[Li+]. The molecule has 0 saturated carbocycles. The number of carbonyl (C=O) groups is 1. The van der Waals surface area contributed by atoms with Crippen molar-refractivity contribution in [2.45, 2.75) is 62.3 Å². The van der Waals surface area contributed by atoms with Crippen LogP contribution < -0.4 is 18.9 Å². The normalized spacial score (nSPS) is 14.3. The van der Waals surface area contributed by atoms with Gasteiger partial charge in [0.05, 0.1) is 0 Å². The Morgan fingerprint density at radius 2 is 0.875 bits per heavy atom. The molecule has 0 atom stereocenters. The van der Waals surface area contributed by atoms with Crippen molar-refractivity contribution in [1.82, 2.24) is 0 Å². The van der Waals surface area contributed by atoms with E-state index >= 15 is 0 Å². The maximum absolute atomic E-state index is 11.8. The van der Waals surface area contributed by atoms with Crippen molar-refractivity contribution in [1.29, 1.82) is 0 Å². The molecule has 2 heteroatoms. The van der Waals surface area contributed by atoms with Crippen LogP contribution in [-0.2, 0) is 4.79 Å². The fourth-order valence-corrected chi connectivity index (χ4v) is 3.91. The van der Waals surface area contributed by atoms with Crippen LogP contribution in [0.4, 0.5) is 0 Å². The van der Waals surface area contributed by atoms with Gasteiger partial charge in [0.2, 0.25) is 0 Å². The first-order valence-electron chi connectivity index (χ1n) is 5.77. The van der Waals surface area contributed by atoms with E-state index in [1.54, 1.807) is 0 Å². The van der Waals surface area contributed by atoms with E-state index in [0.29, 0.717) is 0 Å². The number of rotatable bonds is 1. The third kappa shape index (κ3) is 2.74. The summed E-state index contributed by atoms with van der Waals surface area (Å²) in [4.78, 5) is 11.8. The minimum Gasteiger partial charge on any atom is -1.00 e. The smallest absolute Gasteiger partial charge is 1.00 e. The molecule has 0 bridgehead atoms. The van der Waals surface area contributed by atoms with E-state index < -0.39 is 0 Å². The van der Waals surface area contributed by atoms with Gasteiger partial charge < -0.3 is 6.22 Å². The minimum atomic E-state index is -0.326. The molecule has 0 aromatic heterocycles. The van der Waals surface area contributed by atoms with E-state index in [0.717, 1.165) is 0 Å². The van der Waals surface area contributed by atoms with Gasteiger partial charge in [-0.3, -0.25) is 0 Å². The number of aldehydes is 1. The van der Waals surface area contributed by atoms with Crippen LogP contribution in [-0.4, -0.2) is 6.29 Å². The van der Waals surface area contributed by atoms with Crippen molar-refractivity contribution >= 4 is 6.29 Å². The molecule has 0 N–H and O–H groups in total. The van der Waals surface area contributed by atoms with Crippen molar-refractivity contribution < 1.29 is 25.1 Å². The van der Waals surface area contributed by atoms with Crippen molar-refractivity contribution in [3.63, 3.8) is 0 Å². The Labute approximate surface area is 115 Å². The van der Waals surface area contributed by atoms with E-state index in [1.807, 2.05) is 0 Å². The molecule has 0 unspecified atom stereocenters. The van der Waals surface area contributed by atoms with E-state index in [9.17, 15) is 4.79 Å². The van der Waals surface area contributed by atoms with Gasteiger partial charge in [0.1, 0.15) is 6.29 Å². The second kappa shape index (κ2) is 4.87. The van der Waals surface area contributed by atoms with E-state index in [-0.39, 0.29) is 41.9 Å². The molecule has 0 heterocycles. The van der Waals surface area contributed by atoms with Gasteiger partial charge >= 0.3 is 18.9 Å². The van der Waals surface area contributed by atoms with Crippen LogP contribution in [0.15, 0.2) is 0 Å². The van der Waals surface area contributed by atoms with E-state index in [4.69, 9.17) is 0 Å². The molecule has 0 aliphatic heterocycles. The molecule has 0 aromatic rings. The fourth-order valence-electron chi connectivity index (χ4n) is 3.91. The standard InChI is InChI=1S/C14H28O.Li.H/c1-11(2,3)14(10-15,12(4,5)6)13(7,8)9;;/h10H,1-9H3;;/q;+1;-1. The first-order chi connectivity index (χ1) is 6.31. The molecule has 0 aromatic carbocycles. The number of carbonyl (C=O) groups excluding carboxylic acids is 1. The molecule has 0 aliphatic rings. The Bertz CT molecular complexity index is 204. The molecule has 0 fully saturated rings. The molecule has 0 rings (SSSR count). The Morgan fingerprint density at radius 1 is 0.688 bits per heavy atom. The van der Waals surface area contributed by atoms with Gasteiger partial charge in [-0.25, -0.2) is 0 Å². The molecule has 0 amide bonds. The maximum Gasteiger partial charge on any atom is 1.00 e. The van der Waals surface area contributed by atoms with E-state index in [1.165, 1.54) is 6.29 Å². The average molecular weight is 220 g/mol. The summed E-state index contributed by atoms with van der Waals surface area (Å²) in [5, 5.41) is 0. The zero-order chi connectivity index (χ0) is 12.7. The summed E-state index contributed by atoms with van der Waals surface area (Å²) in [6.45, 7) is 19.5. The molecule has 0 spiro atoms. The van der Waals surface area contributed by atoms with Crippen molar-refractivity contribution in [3.05, 3.63) is 0 Å². The van der Waals surface area contributed by atoms with Crippen LogP contribution in [0.1, 0.15) is 63.7 Å². The molecule has 1 nitrogen and oxygen atoms in total. The summed E-state index contributed by atoms with van der Waals surface area (Å²) in [7, 11) is 0. The van der Waals surface area contributed by atoms with Crippen molar-refractivity contribution in [2.75, 3.05) is 0 Å². The zero-order valence-electron chi connectivity index (χ0n) is 14.0. The van der Waals surface area contributed by atoms with Gasteiger partial charge in [-0.05, 0) is 16.2 Å². The summed E-state index contributed by atoms with van der Waals surface area (Å²) in [6, 6.07) is 0. The van der Waals surface area contributed by atoms with Crippen molar-refractivity contribution in [3.8, 4) is 0 Å². The Hall–Kier alpha value is 0.267. The average Bonchev–Trinajstić information content (AvgIpc) is 1.76. The summed E-state index contributed by atoms with van der Waals surface area (Å²) < 4.78 is 0. The Kier molecular flexibility index (Phi) is 5.67. The van der Waals surface area contributed by atoms with Crippen LogP contribution in [0.3, 0.4) is 0 Å². The van der Waals surface area contributed by atoms with E-state index in [2.05, 4.69) is 62.3 Å². The predicted octanol–water partition coefficient (Wildman–Crippen LogP) is 1.43. The number of hydrogen-bond donors (Lipinski definition) is 0. The summed E-state index contributed by atoms with van der Waals surface area (Å²) >= 11 is 0.